The Morgan fingerprint density at radius 3 is 2.69 bits per heavy atom. The third-order valence-corrected chi connectivity index (χ3v) is 3.69. The first-order valence-corrected chi connectivity index (χ1v) is 6.17. The predicted octanol–water partition coefficient (Wildman–Crippen LogP) is 1.52. The van der Waals surface area contributed by atoms with Crippen LogP contribution in [0.2, 0.25) is 0 Å². The van der Waals surface area contributed by atoms with Gasteiger partial charge in [-0.3, -0.25) is 4.90 Å². The monoisotopic (exact) mass is 248 g/mol. The Morgan fingerprint density at radius 2 is 2.19 bits per heavy atom. The zero-order valence-corrected chi connectivity index (χ0v) is 11.3. The van der Waals surface area contributed by atoms with Crippen molar-refractivity contribution in [3.05, 3.63) is 0 Å². The molecule has 0 bridgehead atoms. The topological polar surface area (TPSA) is 24.5 Å². The molecule has 0 aromatic rings. The number of nitrogens with one attached hydrogen (secondary N) is 1. The Hall–Kier alpha value is 0.170. The number of rotatable bonds is 6. The molecule has 0 radical (unpaired) electrons. The van der Waals surface area contributed by atoms with Crippen molar-refractivity contribution in [2.45, 2.75) is 32.2 Å². The molecule has 2 aliphatic rings. The highest BCUT2D eigenvalue weighted by Gasteiger charge is 2.36. The average molecular weight is 249 g/mol. The minimum absolute atomic E-state index is 0. The van der Waals surface area contributed by atoms with Gasteiger partial charge in [0.1, 0.15) is 0 Å². The molecular formula is C12H25ClN2O. The molecule has 2 fully saturated rings. The van der Waals surface area contributed by atoms with E-state index in [2.05, 4.69) is 17.1 Å². The molecule has 1 saturated heterocycles. The summed E-state index contributed by atoms with van der Waals surface area (Å²) in [4.78, 5) is 2.64. The van der Waals surface area contributed by atoms with Gasteiger partial charge in [-0.25, -0.2) is 0 Å². The zero-order chi connectivity index (χ0) is 10.7. The second-order valence-electron chi connectivity index (χ2n) is 5.43. The Morgan fingerprint density at radius 1 is 1.44 bits per heavy atom. The molecule has 16 heavy (non-hydrogen) atoms. The van der Waals surface area contributed by atoms with Gasteiger partial charge in [-0.15, -0.1) is 12.4 Å². The van der Waals surface area contributed by atoms with Gasteiger partial charge < -0.3 is 10.1 Å². The fourth-order valence-electron chi connectivity index (χ4n) is 2.53. The maximum Gasteiger partial charge on any atom is 0.0589 e. The highest BCUT2D eigenvalue weighted by atomic mass is 35.5. The van der Waals surface area contributed by atoms with Crippen molar-refractivity contribution in [1.29, 1.82) is 0 Å². The van der Waals surface area contributed by atoms with Crippen molar-refractivity contribution >= 4 is 12.4 Å². The molecule has 1 aliphatic heterocycles. The van der Waals surface area contributed by atoms with Crippen LogP contribution >= 0.6 is 12.4 Å². The van der Waals surface area contributed by atoms with E-state index in [1.54, 1.807) is 7.11 Å². The highest BCUT2D eigenvalue weighted by Crippen LogP contribution is 2.32. The summed E-state index contributed by atoms with van der Waals surface area (Å²) in [6.45, 7) is 8.02. The quantitative estimate of drug-likeness (QED) is 0.772. The van der Waals surface area contributed by atoms with Crippen molar-refractivity contribution in [3.63, 3.8) is 0 Å². The number of hydrogen-bond acceptors (Lipinski definition) is 3. The van der Waals surface area contributed by atoms with E-state index >= 15 is 0 Å². The van der Waals surface area contributed by atoms with E-state index in [0.29, 0.717) is 5.41 Å². The number of halogens is 1. The van der Waals surface area contributed by atoms with Crippen LogP contribution in [0.3, 0.4) is 0 Å². The summed E-state index contributed by atoms with van der Waals surface area (Å²) >= 11 is 0. The lowest BCUT2D eigenvalue weighted by Crippen LogP contribution is -2.40. The molecule has 1 unspecified atom stereocenters. The molecule has 1 heterocycles. The van der Waals surface area contributed by atoms with Gasteiger partial charge in [0.25, 0.3) is 0 Å². The summed E-state index contributed by atoms with van der Waals surface area (Å²) in [5, 5.41) is 3.48. The van der Waals surface area contributed by atoms with Crippen molar-refractivity contribution in [1.82, 2.24) is 10.2 Å². The van der Waals surface area contributed by atoms with E-state index in [9.17, 15) is 0 Å². The van der Waals surface area contributed by atoms with Crippen LogP contribution < -0.4 is 5.32 Å². The van der Waals surface area contributed by atoms with E-state index in [4.69, 9.17) is 4.74 Å². The van der Waals surface area contributed by atoms with Crippen LogP contribution in [0.25, 0.3) is 0 Å². The molecule has 3 nitrogen and oxygen atoms in total. The summed E-state index contributed by atoms with van der Waals surface area (Å²) in [5.74, 6) is 0. The molecule has 1 atom stereocenters. The molecule has 1 saturated carbocycles. The Kier molecular flexibility index (Phi) is 5.51. The lowest BCUT2D eigenvalue weighted by atomic mass is 9.89. The SMILES string of the molecule is COCCN(CC1(C)CCNC1)C1CC1.Cl. The maximum absolute atomic E-state index is 5.19. The van der Waals surface area contributed by atoms with E-state index in [1.165, 1.54) is 38.9 Å². The summed E-state index contributed by atoms with van der Waals surface area (Å²) in [5.41, 5.74) is 0.496. The van der Waals surface area contributed by atoms with Crippen LogP contribution in [0.4, 0.5) is 0 Å². The fourth-order valence-corrected chi connectivity index (χ4v) is 2.53. The van der Waals surface area contributed by atoms with Crippen LogP contribution in [0.1, 0.15) is 26.2 Å². The summed E-state index contributed by atoms with van der Waals surface area (Å²) in [6.07, 6.45) is 4.11. The second kappa shape index (κ2) is 6.20. The summed E-state index contributed by atoms with van der Waals surface area (Å²) in [7, 11) is 1.80. The van der Waals surface area contributed by atoms with Crippen LogP contribution in [0, 0.1) is 5.41 Å². The minimum atomic E-state index is 0. The van der Waals surface area contributed by atoms with Crippen molar-refractivity contribution in [2.75, 3.05) is 39.9 Å². The molecule has 0 aromatic carbocycles. The van der Waals surface area contributed by atoms with E-state index < -0.39 is 0 Å². The van der Waals surface area contributed by atoms with Gasteiger partial charge in [0, 0.05) is 32.8 Å². The van der Waals surface area contributed by atoms with Gasteiger partial charge in [0.2, 0.25) is 0 Å². The van der Waals surface area contributed by atoms with E-state index in [-0.39, 0.29) is 12.4 Å². The van der Waals surface area contributed by atoms with Gasteiger partial charge >= 0.3 is 0 Å². The molecule has 0 aromatic heterocycles. The zero-order valence-electron chi connectivity index (χ0n) is 10.5. The van der Waals surface area contributed by atoms with Crippen LogP contribution in [-0.4, -0.2) is 50.8 Å². The van der Waals surface area contributed by atoms with E-state index in [1.807, 2.05) is 0 Å². The summed E-state index contributed by atoms with van der Waals surface area (Å²) in [6, 6.07) is 0.859. The predicted molar refractivity (Wildman–Crippen MR) is 69.3 cm³/mol. The van der Waals surface area contributed by atoms with Gasteiger partial charge in [-0.05, 0) is 31.2 Å². The molecule has 1 aliphatic carbocycles. The smallest absolute Gasteiger partial charge is 0.0589 e. The lowest BCUT2D eigenvalue weighted by Gasteiger charge is -2.31. The molecule has 96 valence electrons. The Balaban J connectivity index is 0.00000128. The van der Waals surface area contributed by atoms with Crippen molar-refractivity contribution < 1.29 is 4.74 Å². The minimum Gasteiger partial charge on any atom is -0.383 e. The van der Waals surface area contributed by atoms with Gasteiger partial charge in [-0.1, -0.05) is 6.92 Å². The second-order valence-corrected chi connectivity index (χ2v) is 5.43. The van der Waals surface area contributed by atoms with Crippen LogP contribution in [0.5, 0.6) is 0 Å². The average Bonchev–Trinajstić information content (AvgIpc) is 2.98. The van der Waals surface area contributed by atoms with Gasteiger partial charge in [-0.2, -0.15) is 0 Å². The third-order valence-electron chi connectivity index (χ3n) is 3.69. The molecule has 1 N–H and O–H groups in total. The van der Waals surface area contributed by atoms with Crippen LogP contribution in [-0.2, 0) is 4.74 Å². The third kappa shape index (κ3) is 3.88. The van der Waals surface area contributed by atoms with Crippen molar-refractivity contribution in [2.24, 2.45) is 5.41 Å². The molecule has 0 amide bonds. The lowest BCUT2D eigenvalue weighted by molar-refractivity contribution is 0.113. The normalized spacial score (nSPS) is 29.4. The van der Waals surface area contributed by atoms with E-state index in [0.717, 1.165) is 19.2 Å². The fraction of sp³-hybridized carbons (Fsp3) is 1.00. The highest BCUT2D eigenvalue weighted by molar-refractivity contribution is 5.85. The number of methoxy groups -OCH3 is 1. The van der Waals surface area contributed by atoms with Gasteiger partial charge in [0.05, 0.1) is 6.61 Å². The van der Waals surface area contributed by atoms with Gasteiger partial charge in [0.15, 0.2) is 0 Å². The van der Waals surface area contributed by atoms with Crippen molar-refractivity contribution in [3.8, 4) is 0 Å². The Bertz CT molecular complexity index is 203. The first kappa shape index (κ1) is 14.2. The molecule has 0 spiro atoms. The molecular weight excluding hydrogens is 224 g/mol. The first-order valence-electron chi connectivity index (χ1n) is 6.17. The first-order chi connectivity index (χ1) is 7.23. The molecule has 4 heteroatoms. The standard InChI is InChI=1S/C12H24N2O.ClH/c1-12(5-6-13-9-12)10-14(7-8-15-2)11-3-4-11;/h11,13H,3-10H2,1-2H3;1H. The largest absolute Gasteiger partial charge is 0.383 e. The van der Waals surface area contributed by atoms with Crippen LogP contribution in [0.15, 0.2) is 0 Å². The Labute approximate surface area is 105 Å². The number of ether oxygens (including phenoxy) is 1. The molecule has 2 rings (SSSR count). The number of nitrogens with zero attached hydrogens (tertiary/aromatic N) is 1. The summed E-state index contributed by atoms with van der Waals surface area (Å²) < 4.78 is 5.19. The number of hydrogen-bond donors (Lipinski definition) is 1. The maximum atomic E-state index is 5.19.